The van der Waals surface area contributed by atoms with Crippen LogP contribution in [0, 0.1) is 5.92 Å². The van der Waals surface area contributed by atoms with E-state index in [0.717, 1.165) is 23.6 Å². The van der Waals surface area contributed by atoms with E-state index in [4.69, 9.17) is 0 Å². The number of carbonyl (C=O) groups is 1. The van der Waals surface area contributed by atoms with Gasteiger partial charge in [0.25, 0.3) is 5.91 Å². The molecule has 15 heavy (non-hydrogen) atoms. The Morgan fingerprint density at radius 1 is 1.53 bits per heavy atom. The fourth-order valence-corrected chi connectivity index (χ4v) is 2.86. The molecular formula is C12H17NOS. The van der Waals surface area contributed by atoms with Crippen LogP contribution in [0.15, 0.2) is 17.5 Å². The molecule has 1 aliphatic carbocycles. The highest BCUT2D eigenvalue weighted by atomic mass is 32.1. The van der Waals surface area contributed by atoms with E-state index in [1.807, 2.05) is 17.5 Å². The summed E-state index contributed by atoms with van der Waals surface area (Å²) in [6.07, 6.45) is 4.83. The fourth-order valence-electron chi connectivity index (χ4n) is 2.23. The molecule has 0 spiro atoms. The van der Waals surface area contributed by atoms with Crippen molar-refractivity contribution < 1.29 is 4.79 Å². The largest absolute Gasteiger partial charge is 0.349 e. The second-order valence-corrected chi connectivity index (χ2v) is 5.37. The molecule has 1 fully saturated rings. The van der Waals surface area contributed by atoms with Gasteiger partial charge >= 0.3 is 0 Å². The molecule has 82 valence electrons. The minimum Gasteiger partial charge on any atom is -0.349 e. The maximum absolute atomic E-state index is 11.8. The highest BCUT2D eigenvalue weighted by molar-refractivity contribution is 7.12. The van der Waals surface area contributed by atoms with Crippen molar-refractivity contribution in [3.63, 3.8) is 0 Å². The molecule has 0 aliphatic heterocycles. The second-order valence-electron chi connectivity index (χ2n) is 4.42. The topological polar surface area (TPSA) is 29.1 Å². The smallest absolute Gasteiger partial charge is 0.261 e. The molecule has 3 heteroatoms. The molecule has 1 saturated carbocycles. The van der Waals surface area contributed by atoms with Gasteiger partial charge in [-0.25, -0.2) is 0 Å². The van der Waals surface area contributed by atoms with E-state index < -0.39 is 0 Å². The Bertz CT molecular complexity index is 320. The average Bonchev–Trinajstić information content (AvgIpc) is 2.70. The summed E-state index contributed by atoms with van der Waals surface area (Å²) in [4.78, 5) is 12.6. The van der Waals surface area contributed by atoms with Crippen LogP contribution in [0.2, 0.25) is 0 Å². The van der Waals surface area contributed by atoms with Gasteiger partial charge < -0.3 is 5.32 Å². The van der Waals surface area contributed by atoms with Gasteiger partial charge in [0.1, 0.15) is 0 Å². The quantitative estimate of drug-likeness (QED) is 0.820. The van der Waals surface area contributed by atoms with Crippen molar-refractivity contribution in [2.24, 2.45) is 5.92 Å². The summed E-state index contributed by atoms with van der Waals surface area (Å²) in [6.45, 7) is 2.27. The van der Waals surface area contributed by atoms with E-state index in [2.05, 4.69) is 12.2 Å². The molecule has 1 heterocycles. The van der Waals surface area contributed by atoms with Crippen molar-refractivity contribution in [2.75, 3.05) is 0 Å². The standard InChI is InChI=1S/C12H17NOS/c1-9-4-2-5-10(8-9)13-12(14)11-6-3-7-15-11/h3,6-7,9-10H,2,4-5,8H2,1H3,(H,13,14). The third-order valence-corrected chi connectivity index (χ3v) is 3.89. The van der Waals surface area contributed by atoms with Gasteiger partial charge in [0.05, 0.1) is 4.88 Å². The summed E-state index contributed by atoms with van der Waals surface area (Å²) < 4.78 is 0. The number of amides is 1. The minimum absolute atomic E-state index is 0.101. The maximum atomic E-state index is 11.8. The van der Waals surface area contributed by atoms with Crippen LogP contribution in [0.3, 0.4) is 0 Å². The van der Waals surface area contributed by atoms with Crippen molar-refractivity contribution in [2.45, 2.75) is 38.6 Å². The van der Waals surface area contributed by atoms with Gasteiger partial charge in [0, 0.05) is 6.04 Å². The first-order valence-electron chi connectivity index (χ1n) is 5.60. The van der Waals surface area contributed by atoms with Crippen LogP contribution in [0.4, 0.5) is 0 Å². The van der Waals surface area contributed by atoms with Crippen LogP contribution < -0.4 is 5.32 Å². The molecule has 1 N–H and O–H groups in total. The van der Waals surface area contributed by atoms with Gasteiger partial charge in [-0.1, -0.05) is 25.8 Å². The number of thiophene rings is 1. The molecule has 0 aromatic carbocycles. The normalized spacial score (nSPS) is 26.2. The van der Waals surface area contributed by atoms with Crippen LogP contribution >= 0.6 is 11.3 Å². The number of rotatable bonds is 2. The number of hydrogen-bond donors (Lipinski definition) is 1. The first-order valence-corrected chi connectivity index (χ1v) is 6.48. The Hall–Kier alpha value is -0.830. The van der Waals surface area contributed by atoms with Crippen LogP contribution in [0.25, 0.3) is 0 Å². The third-order valence-electron chi connectivity index (χ3n) is 3.02. The molecule has 0 radical (unpaired) electrons. The zero-order chi connectivity index (χ0) is 10.7. The summed E-state index contributed by atoms with van der Waals surface area (Å²) in [5.41, 5.74) is 0. The van der Waals surface area contributed by atoms with Crippen LogP contribution in [0.5, 0.6) is 0 Å². The van der Waals surface area contributed by atoms with Gasteiger partial charge in [0.15, 0.2) is 0 Å². The molecule has 1 aliphatic rings. The Balaban J connectivity index is 1.89. The van der Waals surface area contributed by atoms with E-state index in [0.29, 0.717) is 6.04 Å². The fraction of sp³-hybridized carbons (Fsp3) is 0.583. The van der Waals surface area contributed by atoms with Crippen molar-refractivity contribution in [1.82, 2.24) is 5.32 Å². The Morgan fingerprint density at radius 3 is 3.07 bits per heavy atom. The van der Waals surface area contributed by atoms with Gasteiger partial charge in [0.2, 0.25) is 0 Å². The minimum atomic E-state index is 0.101. The number of carbonyl (C=O) groups excluding carboxylic acids is 1. The van der Waals surface area contributed by atoms with Crippen molar-refractivity contribution in [1.29, 1.82) is 0 Å². The van der Waals surface area contributed by atoms with Crippen LogP contribution in [-0.4, -0.2) is 11.9 Å². The second kappa shape index (κ2) is 4.79. The van der Waals surface area contributed by atoms with E-state index in [-0.39, 0.29) is 5.91 Å². The third kappa shape index (κ3) is 2.81. The van der Waals surface area contributed by atoms with Gasteiger partial charge in [-0.15, -0.1) is 11.3 Å². The molecule has 0 bridgehead atoms. The SMILES string of the molecule is CC1CCCC(NC(=O)c2cccs2)C1. The van der Waals surface area contributed by atoms with E-state index in [1.54, 1.807) is 0 Å². The summed E-state index contributed by atoms with van der Waals surface area (Å²) in [6, 6.07) is 4.19. The lowest BCUT2D eigenvalue weighted by molar-refractivity contribution is 0.0925. The van der Waals surface area contributed by atoms with Crippen LogP contribution in [-0.2, 0) is 0 Å². The first kappa shape index (κ1) is 10.7. The molecule has 2 nitrogen and oxygen atoms in total. The summed E-state index contributed by atoms with van der Waals surface area (Å²) in [7, 11) is 0. The highest BCUT2D eigenvalue weighted by Crippen LogP contribution is 2.23. The summed E-state index contributed by atoms with van der Waals surface area (Å²) in [5, 5.41) is 5.07. The maximum Gasteiger partial charge on any atom is 0.261 e. The Kier molecular flexibility index (Phi) is 3.41. The van der Waals surface area contributed by atoms with E-state index >= 15 is 0 Å². The lowest BCUT2D eigenvalue weighted by atomic mass is 9.87. The molecule has 1 amide bonds. The van der Waals surface area contributed by atoms with Crippen molar-refractivity contribution in [3.8, 4) is 0 Å². The van der Waals surface area contributed by atoms with Crippen molar-refractivity contribution >= 4 is 17.2 Å². The van der Waals surface area contributed by atoms with Crippen LogP contribution in [0.1, 0.15) is 42.3 Å². The lowest BCUT2D eigenvalue weighted by Gasteiger charge is -2.27. The van der Waals surface area contributed by atoms with Crippen molar-refractivity contribution in [3.05, 3.63) is 22.4 Å². The number of hydrogen-bond acceptors (Lipinski definition) is 2. The zero-order valence-corrected chi connectivity index (χ0v) is 9.85. The Labute approximate surface area is 94.7 Å². The monoisotopic (exact) mass is 223 g/mol. The molecular weight excluding hydrogens is 206 g/mol. The summed E-state index contributed by atoms with van der Waals surface area (Å²) >= 11 is 1.51. The number of nitrogens with one attached hydrogen (secondary N) is 1. The van der Waals surface area contributed by atoms with E-state index in [1.165, 1.54) is 24.2 Å². The predicted molar refractivity (Wildman–Crippen MR) is 63.2 cm³/mol. The zero-order valence-electron chi connectivity index (χ0n) is 9.03. The molecule has 1 aromatic rings. The van der Waals surface area contributed by atoms with Gasteiger partial charge in [-0.2, -0.15) is 0 Å². The predicted octanol–water partition coefficient (Wildman–Crippen LogP) is 3.06. The molecule has 0 saturated heterocycles. The van der Waals surface area contributed by atoms with Gasteiger partial charge in [-0.3, -0.25) is 4.79 Å². The average molecular weight is 223 g/mol. The lowest BCUT2D eigenvalue weighted by Crippen LogP contribution is -2.37. The molecule has 1 aromatic heterocycles. The Morgan fingerprint density at radius 2 is 2.40 bits per heavy atom. The van der Waals surface area contributed by atoms with E-state index in [9.17, 15) is 4.79 Å². The molecule has 2 rings (SSSR count). The van der Waals surface area contributed by atoms with Gasteiger partial charge in [-0.05, 0) is 30.2 Å². The highest BCUT2D eigenvalue weighted by Gasteiger charge is 2.20. The molecule has 2 unspecified atom stereocenters. The summed E-state index contributed by atoms with van der Waals surface area (Å²) in [5.74, 6) is 0.858. The first-order chi connectivity index (χ1) is 7.25. The molecule has 2 atom stereocenters.